The lowest BCUT2D eigenvalue weighted by atomic mass is 10.0. The molecule has 0 amide bonds. The van der Waals surface area contributed by atoms with Gasteiger partial charge in [0.25, 0.3) is 0 Å². The highest BCUT2D eigenvalue weighted by Gasteiger charge is 2.34. The second-order valence-electron chi connectivity index (χ2n) is 6.45. The number of esters is 1. The first kappa shape index (κ1) is 23.7. The number of carbonyl (C=O) groups is 1. The molecule has 9 heteroatoms. The average molecular weight is 438 g/mol. The number of rotatable bonds is 10. The molecular weight excluding hydrogens is 410 g/mol. The van der Waals surface area contributed by atoms with Crippen LogP contribution in [0.5, 0.6) is 11.5 Å². The summed E-state index contributed by atoms with van der Waals surface area (Å²) in [5.74, 6) is -0.0731. The van der Waals surface area contributed by atoms with Gasteiger partial charge in [-0.3, -0.25) is 4.79 Å². The van der Waals surface area contributed by atoms with Crippen molar-refractivity contribution in [2.75, 3.05) is 20.3 Å². The van der Waals surface area contributed by atoms with Crippen molar-refractivity contribution in [1.82, 2.24) is 4.72 Å². The summed E-state index contributed by atoms with van der Waals surface area (Å²) >= 11 is 0. The molecule has 0 aliphatic carbocycles. The average Bonchev–Trinajstić information content (AvgIpc) is 2.73. The van der Waals surface area contributed by atoms with Crippen molar-refractivity contribution in [3.05, 3.63) is 53.6 Å². The Morgan fingerprint density at radius 2 is 1.63 bits per heavy atom. The molecular formula is C21H27NO7S. The highest BCUT2D eigenvalue weighted by molar-refractivity contribution is 7.89. The predicted molar refractivity (Wildman–Crippen MR) is 111 cm³/mol. The van der Waals surface area contributed by atoms with Crippen molar-refractivity contribution in [2.24, 2.45) is 0 Å². The van der Waals surface area contributed by atoms with Gasteiger partial charge in [0, 0.05) is 0 Å². The zero-order valence-electron chi connectivity index (χ0n) is 17.4. The van der Waals surface area contributed by atoms with Crippen LogP contribution in [-0.2, 0) is 19.6 Å². The van der Waals surface area contributed by atoms with E-state index in [1.54, 1.807) is 25.1 Å². The Balaban J connectivity index is 2.38. The highest BCUT2D eigenvalue weighted by atomic mass is 32.2. The van der Waals surface area contributed by atoms with E-state index in [2.05, 4.69) is 4.72 Å². The van der Waals surface area contributed by atoms with Gasteiger partial charge in [-0.05, 0) is 50.6 Å². The second kappa shape index (κ2) is 10.4. The molecule has 0 fully saturated rings. The minimum Gasteiger partial charge on any atom is -0.490 e. The molecule has 0 saturated heterocycles. The van der Waals surface area contributed by atoms with Crippen molar-refractivity contribution < 1.29 is 32.5 Å². The SMILES string of the molecule is CCOc1ccc([C@@H](O)[C@H](NS(=O)(=O)c2ccc(C)cc2)C(=O)OC)cc1OCC. The van der Waals surface area contributed by atoms with Crippen LogP contribution >= 0.6 is 0 Å². The summed E-state index contributed by atoms with van der Waals surface area (Å²) in [5.41, 5.74) is 1.15. The van der Waals surface area contributed by atoms with Gasteiger partial charge >= 0.3 is 5.97 Å². The minimum absolute atomic E-state index is 0.0316. The van der Waals surface area contributed by atoms with E-state index in [9.17, 15) is 18.3 Å². The monoisotopic (exact) mass is 437 g/mol. The predicted octanol–water partition coefficient (Wildman–Crippen LogP) is 2.35. The lowest BCUT2D eigenvalue weighted by Crippen LogP contribution is -2.45. The first-order chi connectivity index (χ1) is 14.2. The Morgan fingerprint density at radius 3 is 2.20 bits per heavy atom. The smallest absolute Gasteiger partial charge is 0.326 e. The standard InChI is InChI=1S/C21H27NO7S/c1-5-28-17-12-9-15(13-18(17)29-6-2)20(23)19(21(24)27-4)22-30(25,26)16-10-7-14(3)8-11-16/h7-13,19-20,22-23H,5-6H2,1-4H3/t19-,20+/m0/s1. The van der Waals surface area contributed by atoms with Gasteiger partial charge in [-0.25, -0.2) is 8.42 Å². The number of sulfonamides is 1. The summed E-state index contributed by atoms with van der Waals surface area (Å²) in [6, 6.07) is 9.19. The molecule has 2 rings (SSSR count). The molecule has 0 aromatic heterocycles. The quantitative estimate of drug-likeness (QED) is 0.549. The number of carbonyl (C=O) groups excluding carboxylic acids is 1. The molecule has 0 aliphatic rings. The molecule has 0 heterocycles. The number of hydrogen-bond donors (Lipinski definition) is 2. The van der Waals surface area contributed by atoms with Gasteiger partial charge in [-0.1, -0.05) is 23.8 Å². The number of hydrogen-bond acceptors (Lipinski definition) is 7. The Kier molecular flexibility index (Phi) is 8.22. The van der Waals surface area contributed by atoms with Crippen LogP contribution in [0.4, 0.5) is 0 Å². The number of methoxy groups -OCH3 is 1. The van der Waals surface area contributed by atoms with Crippen molar-refractivity contribution >= 4 is 16.0 Å². The third-order valence-corrected chi connectivity index (χ3v) is 5.75. The van der Waals surface area contributed by atoms with Gasteiger partial charge in [0.2, 0.25) is 10.0 Å². The zero-order chi connectivity index (χ0) is 22.3. The topological polar surface area (TPSA) is 111 Å². The number of benzene rings is 2. The molecule has 0 aliphatic heterocycles. The van der Waals surface area contributed by atoms with Crippen LogP contribution in [-0.4, -0.2) is 45.9 Å². The number of aliphatic hydroxyl groups excluding tert-OH is 1. The first-order valence-electron chi connectivity index (χ1n) is 9.47. The number of ether oxygens (including phenoxy) is 3. The van der Waals surface area contributed by atoms with E-state index in [1.807, 2.05) is 13.8 Å². The molecule has 2 N–H and O–H groups in total. The van der Waals surface area contributed by atoms with E-state index >= 15 is 0 Å². The van der Waals surface area contributed by atoms with E-state index < -0.39 is 28.1 Å². The van der Waals surface area contributed by atoms with Gasteiger partial charge in [0.05, 0.1) is 25.2 Å². The van der Waals surface area contributed by atoms with Crippen molar-refractivity contribution in [1.29, 1.82) is 0 Å². The molecule has 164 valence electrons. The Labute approximate surface area is 176 Å². The molecule has 0 spiro atoms. The summed E-state index contributed by atoms with van der Waals surface area (Å²) in [6.07, 6.45) is -1.52. The summed E-state index contributed by atoms with van der Waals surface area (Å²) in [4.78, 5) is 12.3. The summed E-state index contributed by atoms with van der Waals surface area (Å²) in [5, 5.41) is 10.8. The van der Waals surface area contributed by atoms with Crippen molar-refractivity contribution in [3.63, 3.8) is 0 Å². The molecule has 0 unspecified atom stereocenters. The van der Waals surface area contributed by atoms with Gasteiger partial charge in [0.15, 0.2) is 11.5 Å². The highest BCUT2D eigenvalue weighted by Crippen LogP contribution is 2.32. The fourth-order valence-electron chi connectivity index (χ4n) is 2.77. The summed E-state index contributed by atoms with van der Waals surface area (Å²) in [6.45, 7) is 6.23. The van der Waals surface area contributed by atoms with Gasteiger partial charge < -0.3 is 19.3 Å². The Hall–Kier alpha value is -2.62. The lowest BCUT2D eigenvalue weighted by molar-refractivity contribution is -0.145. The largest absolute Gasteiger partial charge is 0.490 e. The van der Waals surface area contributed by atoms with Crippen LogP contribution in [0.25, 0.3) is 0 Å². The van der Waals surface area contributed by atoms with E-state index in [0.717, 1.165) is 12.7 Å². The molecule has 0 saturated carbocycles. The maximum Gasteiger partial charge on any atom is 0.326 e. The van der Waals surface area contributed by atoms with E-state index in [1.165, 1.54) is 24.3 Å². The minimum atomic E-state index is -4.09. The van der Waals surface area contributed by atoms with Crippen LogP contribution in [0.2, 0.25) is 0 Å². The molecule has 2 aromatic carbocycles. The van der Waals surface area contributed by atoms with Crippen LogP contribution in [0.1, 0.15) is 31.1 Å². The number of nitrogens with one attached hydrogen (secondary N) is 1. The van der Waals surface area contributed by atoms with Crippen molar-refractivity contribution in [2.45, 2.75) is 37.8 Å². The lowest BCUT2D eigenvalue weighted by Gasteiger charge is -2.23. The van der Waals surface area contributed by atoms with E-state index in [4.69, 9.17) is 14.2 Å². The molecule has 8 nitrogen and oxygen atoms in total. The second-order valence-corrected chi connectivity index (χ2v) is 8.17. The van der Waals surface area contributed by atoms with Crippen LogP contribution in [0, 0.1) is 6.92 Å². The number of aliphatic hydroxyl groups is 1. The summed E-state index contributed by atoms with van der Waals surface area (Å²) in [7, 11) is -2.97. The molecule has 2 atom stereocenters. The maximum atomic E-state index is 12.7. The van der Waals surface area contributed by atoms with E-state index in [-0.39, 0.29) is 10.5 Å². The number of aryl methyl sites for hydroxylation is 1. The molecule has 30 heavy (non-hydrogen) atoms. The van der Waals surface area contributed by atoms with Gasteiger partial charge in [-0.2, -0.15) is 4.72 Å². The third-order valence-electron chi connectivity index (χ3n) is 4.29. The van der Waals surface area contributed by atoms with Gasteiger partial charge in [0.1, 0.15) is 12.1 Å². The first-order valence-corrected chi connectivity index (χ1v) is 11.0. The van der Waals surface area contributed by atoms with Crippen LogP contribution in [0.3, 0.4) is 0 Å². The molecule has 2 aromatic rings. The Morgan fingerprint density at radius 1 is 1.03 bits per heavy atom. The van der Waals surface area contributed by atoms with Gasteiger partial charge in [-0.15, -0.1) is 0 Å². The fourth-order valence-corrected chi connectivity index (χ4v) is 3.96. The van der Waals surface area contributed by atoms with Crippen molar-refractivity contribution in [3.8, 4) is 11.5 Å². The molecule has 0 bridgehead atoms. The zero-order valence-corrected chi connectivity index (χ0v) is 18.2. The maximum absolute atomic E-state index is 12.7. The summed E-state index contributed by atoms with van der Waals surface area (Å²) < 4.78 is 43.5. The normalized spacial score (nSPS) is 13.4. The molecule has 0 radical (unpaired) electrons. The third kappa shape index (κ3) is 5.71. The Bertz CT molecular complexity index is 958. The van der Waals surface area contributed by atoms with E-state index in [0.29, 0.717) is 24.7 Å². The van der Waals surface area contributed by atoms with Crippen LogP contribution in [0.15, 0.2) is 47.4 Å². The fraction of sp³-hybridized carbons (Fsp3) is 0.381. The van der Waals surface area contributed by atoms with Crippen LogP contribution < -0.4 is 14.2 Å².